The zero-order valence-corrected chi connectivity index (χ0v) is 12.9. The molecule has 0 saturated carbocycles. The van der Waals surface area contributed by atoms with Gasteiger partial charge in [-0.2, -0.15) is 0 Å². The minimum Gasteiger partial charge on any atom is -0.493 e. The number of aromatic carboxylic acids is 1. The summed E-state index contributed by atoms with van der Waals surface area (Å²) in [6.07, 6.45) is 0. The topological polar surface area (TPSA) is 60.7 Å². The van der Waals surface area contributed by atoms with Crippen LogP contribution in [0.1, 0.15) is 16.1 Å². The lowest BCUT2D eigenvalue weighted by Crippen LogP contribution is -2.03. The van der Waals surface area contributed by atoms with Gasteiger partial charge in [-0.3, -0.25) is 0 Å². The summed E-state index contributed by atoms with van der Waals surface area (Å²) in [5, 5.41) is 10.0. The van der Waals surface area contributed by atoms with Crippen LogP contribution in [0.3, 0.4) is 0 Å². The van der Waals surface area contributed by atoms with E-state index in [0.717, 1.165) is 16.5 Å². The summed E-state index contributed by atoms with van der Waals surface area (Å²) >= 11 is 0. The highest BCUT2D eigenvalue weighted by Crippen LogP contribution is 2.34. The third-order valence-electron chi connectivity index (χ3n) is 3.78. The maximum absolute atomic E-state index is 11.3. The summed E-state index contributed by atoms with van der Waals surface area (Å²) in [5.41, 5.74) is 2.06. The van der Waals surface area contributed by atoms with E-state index in [1.165, 1.54) is 0 Å². The van der Waals surface area contributed by atoms with E-state index in [1.807, 2.05) is 36.4 Å². The molecule has 2 aromatic carbocycles. The lowest BCUT2D eigenvalue weighted by atomic mass is 10.2. The van der Waals surface area contributed by atoms with Gasteiger partial charge in [0.1, 0.15) is 12.3 Å². The van der Waals surface area contributed by atoms with Gasteiger partial charge in [0.25, 0.3) is 0 Å². The van der Waals surface area contributed by atoms with Gasteiger partial charge in [-0.05, 0) is 17.7 Å². The molecule has 1 aromatic heterocycles. The first kappa shape index (κ1) is 15.0. The van der Waals surface area contributed by atoms with Crippen LogP contribution in [0.5, 0.6) is 11.5 Å². The molecule has 0 saturated heterocycles. The average Bonchev–Trinajstić information content (AvgIpc) is 2.89. The molecule has 0 unspecified atom stereocenters. The van der Waals surface area contributed by atoms with Gasteiger partial charge in [0.2, 0.25) is 0 Å². The molecule has 0 atom stereocenters. The van der Waals surface area contributed by atoms with Crippen LogP contribution in [0.25, 0.3) is 10.9 Å². The highest BCUT2D eigenvalue weighted by Gasteiger charge is 2.15. The number of aryl methyl sites for hydroxylation is 1. The van der Waals surface area contributed by atoms with Gasteiger partial charge in [-0.1, -0.05) is 30.3 Å². The molecule has 0 radical (unpaired) electrons. The minimum atomic E-state index is -0.963. The maximum Gasteiger partial charge on any atom is 0.352 e. The van der Waals surface area contributed by atoms with Crippen LogP contribution in [0.4, 0.5) is 0 Å². The molecule has 0 bridgehead atoms. The zero-order valence-electron chi connectivity index (χ0n) is 12.9. The number of ether oxygens (including phenoxy) is 2. The third-order valence-corrected chi connectivity index (χ3v) is 3.78. The summed E-state index contributed by atoms with van der Waals surface area (Å²) in [4.78, 5) is 11.3. The molecule has 0 spiro atoms. The highest BCUT2D eigenvalue weighted by atomic mass is 16.5. The molecule has 23 heavy (non-hydrogen) atoms. The average molecular weight is 311 g/mol. The number of aromatic nitrogens is 1. The fourth-order valence-electron chi connectivity index (χ4n) is 2.56. The molecule has 1 heterocycles. The second-order valence-electron chi connectivity index (χ2n) is 5.23. The summed E-state index contributed by atoms with van der Waals surface area (Å²) in [6, 6.07) is 15.1. The number of fused-ring (bicyclic) bond motifs is 1. The smallest absolute Gasteiger partial charge is 0.352 e. The number of methoxy groups -OCH3 is 1. The van der Waals surface area contributed by atoms with Crippen molar-refractivity contribution < 1.29 is 19.4 Å². The van der Waals surface area contributed by atoms with E-state index in [9.17, 15) is 9.90 Å². The Kier molecular flexibility index (Phi) is 3.93. The quantitative estimate of drug-likeness (QED) is 0.784. The van der Waals surface area contributed by atoms with Crippen molar-refractivity contribution in [2.45, 2.75) is 6.61 Å². The fourth-order valence-corrected chi connectivity index (χ4v) is 2.56. The van der Waals surface area contributed by atoms with Crippen LogP contribution < -0.4 is 9.47 Å². The van der Waals surface area contributed by atoms with E-state index in [0.29, 0.717) is 18.1 Å². The Balaban J connectivity index is 1.98. The van der Waals surface area contributed by atoms with Gasteiger partial charge in [-0.15, -0.1) is 0 Å². The van der Waals surface area contributed by atoms with E-state index < -0.39 is 5.97 Å². The van der Waals surface area contributed by atoms with Crippen molar-refractivity contribution >= 4 is 16.9 Å². The van der Waals surface area contributed by atoms with Gasteiger partial charge in [0, 0.05) is 18.5 Å². The lowest BCUT2D eigenvalue weighted by molar-refractivity contribution is 0.0687. The van der Waals surface area contributed by atoms with Crippen molar-refractivity contribution in [1.29, 1.82) is 0 Å². The van der Waals surface area contributed by atoms with Crippen molar-refractivity contribution in [2.24, 2.45) is 7.05 Å². The predicted molar refractivity (Wildman–Crippen MR) is 87.2 cm³/mol. The van der Waals surface area contributed by atoms with E-state index in [-0.39, 0.29) is 5.69 Å². The number of carboxylic acid groups (broad SMARTS) is 1. The van der Waals surface area contributed by atoms with E-state index in [2.05, 4.69) is 0 Å². The second-order valence-corrected chi connectivity index (χ2v) is 5.23. The zero-order chi connectivity index (χ0) is 16.4. The predicted octanol–water partition coefficient (Wildman–Crippen LogP) is 3.46. The molecule has 0 amide bonds. The molecule has 5 nitrogen and oxygen atoms in total. The number of rotatable bonds is 5. The summed E-state index contributed by atoms with van der Waals surface area (Å²) < 4.78 is 12.9. The molecule has 118 valence electrons. The number of carboxylic acids is 1. The summed E-state index contributed by atoms with van der Waals surface area (Å²) in [7, 11) is 3.29. The van der Waals surface area contributed by atoms with Crippen LogP contribution in [0.15, 0.2) is 48.5 Å². The molecule has 0 aliphatic rings. The number of nitrogens with zero attached hydrogens (tertiary/aromatic N) is 1. The number of hydrogen-bond donors (Lipinski definition) is 1. The number of carbonyl (C=O) groups is 1. The Labute approximate surface area is 133 Å². The second kappa shape index (κ2) is 6.04. The van der Waals surface area contributed by atoms with Crippen molar-refractivity contribution in [3.05, 3.63) is 59.8 Å². The molecule has 0 aliphatic carbocycles. The lowest BCUT2D eigenvalue weighted by Gasteiger charge is -2.12. The fraction of sp³-hybridized carbons (Fsp3) is 0.167. The van der Waals surface area contributed by atoms with Crippen LogP contribution in [0.2, 0.25) is 0 Å². The van der Waals surface area contributed by atoms with E-state index >= 15 is 0 Å². The summed E-state index contributed by atoms with van der Waals surface area (Å²) in [5.74, 6) is 0.201. The van der Waals surface area contributed by atoms with Gasteiger partial charge >= 0.3 is 5.97 Å². The molecule has 1 N–H and O–H groups in total. The molecular formula is C18H17NO4. The van der Waals surface area contributed by atoms with Gasteiger partial charge in [-0.25, -0.2) is 4.79 Å². The minimum absolute atomic E-state index is 0.224. The van der Waals surface area contributed by atoms with Crippen molar-refractivity contribution in [1.82, 2.24) is 4.57 Å². The third kappa shape index (κ3) is 2.85. The molecule has 0 aliphatic heterocycles. The van der Waals surface area contributed by atoms with E-state index in [4.69, 9.17) is 9.47 Å². The van der Waals surface area contributed by atoms with Crippen molar-refractivity contribution in [3.8, 4) is 11.5 Å². The van der Waals surface area contributed by atoms with Gasteiger partial charge < -0.3 is 19.1 Å². The molecule has 0 fully saturated rings. The van der Waals surface area contributed by atoms with Crippen LogP contribution in [0, 0.1) is 0 Å². The highest BCUT2D eigenvalue weighted by molar-refractivity contribution is 5.95. The Hall–Kier alpha value is -2.95. The first-order chi connectivity index (χ1) is 11.1. The first-order valence-electron chi connectivity index (χ1n) is 7.17. The molecule has 3 aromatic rings. The Bertz CT molecular complexity index is 852. The van der Waals surface area contributed by atoms with Gasteiger partial charge in [0.05, 0.1) is 12.6 Å². The Morgan fingerprint density at radius 2 is 1.87 bits per heavy atom. The van der Waals surface area contributed by atoms with Crippen LogP contribution in [-0.2, 0) is 13.7 Å². The summed E-state index contributed by atoms with van der Waals surface area (Å²) in [6.45, 7) is 0.416. The Morgan fingerprint density at radius 1 is 1.13 bits per heavy atom. The SMILES string of the molecule is COc1cc2cc(C(=O)O)n(C)c2cc1OCc1ccccc1. The monoisotopic (exact) mass is 311 g/mol. The van der Waals surface area contributed by atoms with E-state index in [1.54, 1.807) is 30.9 Å². The van der Waals surface area contributed by atoms with Gasteiger partial charge in [0.15, 0.2) is 11.5 Å². The normalized spacial score (nSPS) is 10.7. The Morgan fingerprint density at radius 3 is 2.52 bits per heavy atom. The van der Waals surface area contributed by atoms with Crippen LogP contribution in [-0.4, -0.2) is 22.8 Å². The molecule has 5 heteroatoms. The maximum atomic E-state index is 11.3. The standard InChI is InChI=1S/C18H17NO4/c1-19-14-10-17(23-11-12-6-4-3-5-7-12)16(22-2)9-13(14)8-15(19)18(20)21/h3-10H,11H2,1-2H3,(H,20,21). The van der Waals surface area contributed by atoms with Crippen LogP contribution >= 0.6 is 0 Å². The number of hydrogen-bond acceptors (Lipinski definition) is 3. The molecular weight excluding hydrogens is 294 g/mol. The number of benzene rings is 2. The van der Waals surface area contributed by atoms with Crippen molar-refractivity contribution in [2.75, 3.05) is 7.11 Å². The first-order valence-corrected chi connectivity index (χ1v) is 7.17. The molecule has 3 rings (SSSR count). The largest absolute Gasteiger partial charge is 0.493 e. The van der Waals surface area contributed by atoms with Crippen molar-refractivity contribution in [3.63, 3.8) is 0 Å².